The number of carbonyl (C=O) groups excluding carboxylic acids is 2. The molecule has 0 bridgehead atoms. The predicted octanol–water partition coefficient (Wildman–Crippen LogP) is 4.36. The van der Waals surface area contributed by atoms with E-state index in [-0.39, 0.29) is 35.4 Å². The summed E-state index contributed by atoms with van der Waals surface area (Å²) in [6, 6.07) is 17.8. The first-order chi connectivity index (χ1) is 20.8. The molecule has 2 aromatic rings. The molecule has 0 aromatic heterocycles. The Hall–Kier alpha value is -3.73. The number of halogens is 1. The van der Waals surface area contributed by atoms with Crippen LogP contribution in [0.2, 0.25) is 5.02 Å². The second-order valence-corrected chi connectivity index (χ2v) is 12.6. The van der Waals surface area contributed by atoms with Crippen molar-refractivity contribution in [3.05, 3.63) is 77.3 Å². The Balaban J connectivity index is 0.000000583. The summed E-state index contributed by atoms with van der Waals surface area (Å²) >= 11 is 6.41. The van der Waals surface area contributed by atoms with Gasteiger partial charge in [-0.1, -0.05) is 67.9 Å². The maximum absolute atomic E-state index is 13.4. The van der Waals surface area contributed by atoms with Gasteiger partial charge in [0.15, 0.2) is 0 Å². The zero-order valence-corrected chi connectivity index (χ0v) is 26.5. The van der Waals surface area contributed by atoms with Gasteiger partial charge in [0.25, 0.3) is 0 Å². The molecule has 3 atom stereocenters. The highest BCUT2D eigenvalue weighted by Crippen LogP contribution is 2.34. The lowest BCUT2D eigenvalue weighted by Gasteiger charge is -2.51. The smallest absolute Gasteiger partial charge is 0.328 e. The zero-order chi connectivity index (χ0) is 32.4. The van der Waals surface area contributed by atoms with E-state index in [2.05, 4.69) is 55.4 Å². The minimum absolute atomic E-state index is 0.00346. The highest BCUT2D eigenvalue weighted by Gasteiger charge is 2.44. The molecule has 4 N–H and O–H groups in total. The lowest BCUT2D eigenvalue weighted by Crippen LogP contribution is -2.67. The molecule has 0 spiro atoms. The van der Waals surface area contributed by atoms with Gasteiger partial charge >= 0.3 is 11.9 Å². The number of piperidine rings is 1. The average molecular weight is 627 g/mol. The molecule has 2 amide bonds. The molecule has 11 heteroatoms. The molecular weight excluding hydrogens is 584 g/mol. The van der Waals surface area contributed by atoms with Crippen molar-refractivity contribution in [2.24, 2.45) is 11.8 Å². The molecule has 0 aliphatic carbocycles. The van der Waals surface area contributed by atoms with Gasteiger partial charge in [0.2, 0.25) is 11.8 Å². The predicted molar refractivity (Wildman–Crippen MR) is 171 cm³/mol. The van der Waals surface area contributed by atoms with Crippen LogP contribution in [0, 0.1) is 11.8 Å². The molecule has 2 saturated heterocycles. The van der Waals surface area contributed by atoms with E-state index in [0.717, 1.165) is 30.6 Å². The Bertz CT molecular complexity index is 1320. The van der Waals surface area contributed by atoms with Crippen molar-refractivity contribution >= 4 is 41.0 Å². The number of aliphatic carboxylic acids is 2. The fraction of sp³-hybridized carbons (Fsp3) is 0.455. The molecule has 2 aliphatic heterocycles. The van der Waals surface area contributed by atoms with Crippen molar-refractivity contribution in [1.29, 1.82) is 0 Å². The molecule has 238 valence electrons. The van der Waals surface area contributed by atoms with Crippen LogP contribution in [0.3, 0.4) is 0 Å². The van der Waals surface area contributed by atoms with Gasteiger partial charge in [0.1, 0.15) is 0 Å². The van der Waals surface area contributed by atoms with Crippen LogP contribution >= 0.6 is 11.6 Å². The second kappa shape index (κ2) is 15.8. The third-order valence-corrected chi connectivity index (χ3v) is 8.12. The quantitative estimate of drug-likeness (QED) is 0.301. The molecule has 2 aliphatic rings. The number of para-hydroxylation sites is 1. The topological polar surface area (TPSA) is 139 Å². The fourth-order valence-electron chi connectivity index (χ4n) is 5.75. The summed E-state index contributed by atoms with van der Waals surface area (Å²) in [5.41, 5.74) is 1.64. The number of amides is 2. The summed E-state index contributed by atoms with van der Waals surface area (Å²) in [4.78, 5) is 49.9. The van der Waals surface area contributed by atoms with Gasteiger partial charge in [-0.25, -0.2) is 9.59 Å². The van der Waals surface area contributed by atoms with Crippen LogP contribution in [0.25, 0.3) is 0 Å². The van der Waals surface area contributed by atoms with Crippen LogP contribution < -0.4 is 15.5 Å². The van der Waals surface area contributed by atoms with Gasteiger partial charge in [0.05, 0.1) is 29.2 Å². The number of nitrogens with zero attached hydrogens (tertiary/aromatic N) is 2. The highest BCUT2D eigenvalue weighted by atomic mass is 35.5. The van der Waals surface area contributed by atoms with Crippen molar-refractivity contribution in [1.82, 2.24) is 15.5 Å². The Morgan fingerprint density at radius 2 is 1.64 bits per heavy atom. The fourth-order valence-corrected chi connectivity index (χ4v) is 5.99. The van der Waals surface area contributed by atoms with E-state index >= 15 is 0 Å². The summed E-state index contributed by atoms with van der Waals surface area (Å²) in [5, 5.41) is 23.0. The van der Waals surface area contributed by atoms with Gasteiger partial charge in [0, 0.05) is 43.4 Å². The van der Waals surface area contributed by atoms with Crippen LogP contribution in [0.4, 0.5) is 5.69 Å². The Morgan fingerprint density at radius 3 is 2.23 bits per heavy atom. The van der Waals surface area contributed by atoms with Crippen molar-refractivity contribution in [3.63, 3.8) is 0 Å². The maximum atomic E-state index is 13.4. The van der Waals surface area contributed by atoms with E-state index in [1.165, 1.54) is 0 Å². The maximum Gasteiger partial charge on any atom is 0.328 e. The van der Waals surface area contributed by atoms with Gasteiger partial charge < -0.3 is 25.7 Å². The first kappa shape index (κ1) is 34.8. The lowest BCUT2D eigenvalue weighted by molar-refractivity contribution is -0.134. The molecule has 0 unspecified atom stereocenters. The van der Waals surface area contributed by atoms with E-state index in [0.29, 0.717) is 42.7 Å². The van der Waals surface area contributed by atoms with Gasteiger partial charge in [-0.05, 0) is 50.3 Å². The number of benzene rings is 2. The molecule has 10 nitrogen and oxygen atoms in total. The van der Waals surface area contributed by atoms with Crippen molar-refractivity contribution < 1.29 is 29.4 Å². The monoisotopic (exact) mass is 626 g/mol. The van der Waals surface area contributed by atoms with Crippen molar-refractivity contribution in [3.8, 4) is 0 Å². The number of hydrogen-bond acceptors (Lipinski definition) is 6. The van der Waals surface area contributed by atoms with Gasteiger partial charge in [-0.15, -0.1) is 0 Å². The minimum atomic E-state index is -1.26. The highest BCUT2D eigenvalue weighted by molar-refractivity contribution is 6.33. The summed E-state index contributed by atoms with van der Waals surface area (Å²) in [5.74, 6) is -2.07. The molecule has 0 saturated carbocycles. The molecule has 0 radical (unpaired) electrons. The van der Waals surface area contributed by atoms with Crippen LogP contribution in [-0.2, 0) is 19.2 Å². The normalized spacial score (nSPS) is 21.0. The third kappa shape index (κ3) is 9.90. The zero-order valence-electron chi connectivity index (χ0n) is 25.7. The summed E-state index contributed by atoms with van der Waals surface area (Å²) < 4.78 is 0. The van der Waals surface area contributed by atoms with Crippen LogP contribution in [0.5, 0.6) is 0 Å². The number of piperazine rings is 1. The standard InChI is InChI=1S/C29H39ClN4O2.C4H4O4/c1-20(2)14-25(21-10-6-5-7-11-21)32-28(36)22-15-23(17-31-16-22)34-18-27(35)33(19-29(34,3)4)26-13-9-8-12-24(26)30;5-3(6)1-2-4(7)8/h5-13,20,22-23,25,31H,14-19H2,1-4H3,(H,32,36);1-2H,(H,5,6)(H,7,8)/b;2-1+/t22-,23+,25+;/m0./s1. The summed E-state index contributed by atoms with van der Waals surface area (Å²) in [7, 11) is 0. The molecular formula is C33H43ClN4O6. The number of carbonyl (C=O) groups is 4. The van der Waals surface area contributed by atoms with Crippen molar-refractivity contribution in [2.45, 2.75) is 58.2 Å². The number of carboxylic acid groups (broad SMARTS) is 2. The van der Waals surface area contributed by atoms with Crippen LogP contribution in [0.15, 0.2) is 66.7 Å². The molecule has 44 heavy (non-hydrogen) atoms. The van der Waals surface area contributed by atoms with E-state index in [9.17, 15) is 19.2 Å². The first-order valence-electron chi connectivity index (χ1n) is 14.8. The van der Waals surface area contributed by atoms with Crippen LogP contribution in [0.1, 0.15) is 52.1 Å². The SMILES string of the molecule is CC(C)C[C@@H](NC(=O)[C@@H]1CNC[C@H](N2CC(=O)N(c3ccccc3Cl)CC2(C)C)C1)c1ccccc1.O=C(O)/C=C/C(=O)O. The number of hydrogen-bond donors (Lipinski definition) is 4. The summed E-state index contributed by atoms with van der Waals surface area (Å²) in [6.07, 6.45) is 2.74. The number of nitrogens with one attached hydrogen (secondary N) is 2. The minimum Gasteiger partial charge on any atom is -0.478 e. The Morgan fingerprint density at radius 1 is 1.02 bits per heavy atom. The second-order valence-electron chi connectivity index (χ2n) is 12.2. The average Bonchev–Trinajstić information content (AvgIpc) is 2.97. The van der Waals surface area contributed by atoms with E-state index < -0.39 is 11.9 Å². The van der Waals surface area contributed by atoms with Crippen LogP contribution in [-0.4, -0.2) is 76.6 Å². The summed E-state index contributed by atoms with van der Waals surface area (Å²) in [6.45, 7) is 11.0. The van der Waals surface area contributed by atoms with Gasteiger partial charge in [-0.2, -0.15) is 0 Å². The molecule has 2 fully saturated rings. The third-order valence-electron chi connectivity index (χ3n) is 7.81. The van der Waals surface area contributed by atoms with Crippen molar-refractivity contribution in [2.75, 3.05) is 31.1 Å². The Labute approximate surface area is 264 Å². The lowest BCUT2D eigenvalue weighted by atomic mass is 9.88. The first-order valence-corrected chi connectivity index (χ1v) is 15.2. The number of carboxylic acids is 2. The Kier molecular flexibility index (Phi) is 12.5. The van der Waals surface area contributed by atoms with E-state index in [1.54, 1.807) is 4.90 Å². The number of anilines is 1. The van der Waals surface area contributed by atoms with Gasteiger partial charge in [-0.3, -0.25) is 14.5 Å². The van der Waals surface area contributed by atoms with E-state index in [4.69, 9.17) is 21.8 Å². The van der Waals surface area contributed by atoms with E-state index in [1.807, 2.05) is 42.5 Å². The molecule has 4 rings (SSSR count). The largest absolute Gasteiger partial charge is 0.478 e. The molecule has 2 heterocycles. The number of rotatable bonds is 9. The molecule has 2 aromatic carbocycles.